The van der Waals surface area contributed by atoms with Crippen LogP contribution in [-0.2, 0) is 33.8 Å². The van der Waals surface area contributed by atoms with Crippen molar-refractivity contribution in [3.05, 3.63) is 41.7 Å². The van der Waals surface area contributed by atoms with Crippen molar-refractivity contribution in [2.75, 3.05) is 18.5 Å². The van der Waals surface area contributed by atoms with Gasteiger partial charge in [-0.15, -0.1) is 5.10 Å². The molecule has 1 aromatic heterocycles. The van der Waals surface area contributed by atoms with Crippen LogP contribution in [-0.4, -0.2) is 40.2 Å². The fourth-order valence-corrected chi connectivity index (χ4v) is 2.76. The van der Waals surface area contributed by atoms with Gasteiger partial charge in [-0.3, -0.25) is 9.48 Å². The van der Waals surface area contributed by atoms with E-state index in [1.165, 1.54) is 12.5 Å². The molecule has 2 aromatic rings. The first-order valence-corrected chi connectivity index (χ1v) is 8.64. The highest BCUT2D eigenvalue weighted by atomic mass is 16.5. The summed E-state index contributed by atoms with van der Waals surface area (Å²) < 4.78 is 13.0. The zero-order chi connectivity index (χ0) is 17.5. The molecule has 0 aliphatic carbocycles. The largest absolute Gasteiger partial charge is 0.381 e. The van der Waals surface area contributed by atoms with Crippen molar-refractivity contribution in [2.45, 2.75) is 45.4 Å². The van der Waals surface area contributed by atoms with Crippen molar-refractivity contribution < 1.29 is 14.3 Å². The Hall–Kier alpha value is -2.25. The first-order valence-electron chi connectivity index (χ1n) is 8.64. The first-order chi connectivity index (χ1) is 12.2. The second kappa shape index (κ2) is 8.73. The number of aromatic nitrogens is 3. The van der Waals surface area contributed by atoms with E-state index in [2.05, 4.69) is 15.6 Å². The number of hydrogen-bond acceptors (Lipinski definition) is 5. The van der Waals surface area contributed by atoms with E-state index in [0.29, 0.717) is 6.61 Å². The second-order valence-corrected chi connectivity index (χ2v) is 6.22. The van der Waals surface area contributed by atoms with Gasteiger partial charge in [0.05, 0.1) is 18.9 Å². The second-order valence-electron chi connectivity index (χ2n) is 6.22. The maximum atomic E-state index is 11.0. The average molecular weight is 344 g/mol. The van der Waals surface area contributed by atoms with E-state index in [9.17, 15) is 4.79 Å². The fourth-order valence-electron chi connectivity index (χ4n) is 2.76. The molecular weight excluding hydrogens is 320 g/mol. The van der Waals surface area contributed by atoms with Gasteiger partial charge in [-0.1, -0.05) is 17.3 Å². The number of aryl methyl sites for hydroxylation is 2. The van der Waals surface area contributed by atoms with Crippen LogP contribution in [0.5, 0.6) is 0 Å². The summed E-state index contributed by atoms with van der Waals surface area (Å²) in [5, 5.41) is 11.1. The number of amides is 1. The summed E-state index contributed by atoms with van der Waals surface area (Å²) in [6.07, 6.45) is 4.95. The maximum absolute atomic E-state index is 11.0. The van der Waals surface area contributed by atoms with Crippen LogP contribution in [0.3, 0.4) is 0 Å². The van der Waals surface area contributed by atoms with Gasteiger partial charge in [0.25, 0.3) is 0 Å². The summed E-state index contributed by atoms with van der Waals surface area (Å²) >= 11 is 0. The SMILES string of the molecule is CC(=O)Nc1ccc(CCn2cc(COC3CCOCC3)nn2)cc1. The van der Waals surface area contributed by atoms with Gasteiger partial charge in [0.15, 0.2) is 0 Å². The summed E-state index contributed by atoms with van der Waals surface area (Å²) in [6.45, 7) is 4.30. The van der Waals surface area contributed by atoms with E-state index < -0.39 is 0 Å². The molecule has 0 atom stereocenters. The predicted octanol–water partition coefficient (Wildman–Crippen LogP) is 2.17. The highest BCUT2D eigenvalue weighted by molar-refractivity contribution is 5.88. The molecule has 0 saturated carbocycles. The Morgan fingerprint density at radius 1 is 1.32 bits per heavy atom. The molecule has 3 rings (SSSR count). The number of ether oxygens (including phenoxy) is 2. The lowest BCUT2D eigenvalue weighted by molar-refractivity contribution is -0.114. The van der Waals surface area contributed by atoms with Gasteiger partial charge in [-0.25, -0.2) is 0 Å². The minimum atomic E-state index is -0.0640. The molecule has 0 spiro atoms. The molecule has 0 bridgehead atoms. The van der Waals surface area contributed by atoms with Crippen molar-refractivity contribution >= 4 is 11.6 Å². The number of benzene rings is 1. The van der Waals surface area contributed by atoms with E-state index in [0.717, 1.165) is 50.4 Å². The lowest BCUT2D eigenvalue weighted by Gasteiger charge is -2.21. The predicted molar refractivity (Wildman–Crippen MR) is 93.1 cm³/mol. The highest BCUT2D eigenvalue weighted by Crippen LogP contribution is 2.13. The maximum Gasteiger partial charge on any atom is 0.221 e. The van der Waals surface area contributed by atoms with Crippen molar-refractivity contribution in [3.63, 3.8) is 0 Å². The van der Waals surface area contributed by atoms with E-state index in [4.69, 9.17) is 9.47 Å². The third-order valence-corrected chi connectivity index (χ3v) is 4.13. The Kier molecular flexibility index (Phi) is 6.14. The Morgan fingerprint density at radius 2 is 2.08 bits per heavy atom. The molecule has 1 saturated heterocycles. The standard InChI is InChI=1S/C18H24N4O3/c1-14(23)19-16-4-2-15(3-5-16)6-9-22-12-17(20-21-22)13-25-18-7-10-24-11-8-18/h2-5,12,18H,6-11,13H2,1H3,(H,19,23). The minimum absolute atomic E-state index is 0.0640. The van der Waals surface area contributed by atoms with E-state index in [1.807, 2.05) is 35.1 Å². The summed E-state index contributed by atoms with van der Waals surface area (Å²) in [7, 11) is 0. The molecule has 134 valence electrons. The first kappa shape index (κ1) is 17.6. The summed E-state index contributed by atoms with van der Waals surface area (Å²) in [4.78, 5) is 11.0. The molecular formula is C18H24N4O3. The Labute approximate surface area is 147 Å². The van der Waals surface area contributed by atoms with Crippen LogP contribution < -0.4 is 5.32 Å². The number of carbonyl (C=O) groups is 1. The summed E-state index contributed by atoms with van der Waals surface area (Å²) in [6, 6.07) is 7.84. The molecule has 1 amide bonds. The van der Waals surface area contributed by atoms with Crippen LogP contribution in [0, 0.1) is 0 Å². The smallest absolute Gasteiger partial charge is 0.221 e. The molecule has 7 nitrogen and oxygen atoms in total. The lowest BCUT2D eigenvalue weighted by atomic mass is 10.1. The fraction of sp³-hybridized carbons (Fsp3) is 0.500. The minimum Gasteiger partial charge on any atom is -0.381 e. The molecule has 7 heteroatoms. The number of carbonyl (C=O) groups excluding carboxylic acids is 1. The van der Waals surface area contributed by atoms with E-state index in [-0.39, 0.29) is 12.0 Å². The van der Waals surface area contributed by atoms with Crippen LogP contribution in [0.4, 0.5) is 5.69 Å². The Balaban J connectivity index is 1.44. The number of rotatable bonds is 7. The van der Waals surface area contributed by atoms with Crippen molar-refractivity contribution in [1.82, 2.24) is 15.0 Å². The molecule has 1 aliphatic heterocycles. The van der Waals surface area contributed by atoms with Crippen LogP contribution in [0.1, 0.15) is 31.0 Å². The van der Waals surface area contributed by atoms with Gasteiger partial charge in [0.2, 0.25) is 5.91 Å². The van der Waals surface area contributed by atoms with Crippen LogP contribution in [0.25, 0.3) is 0 Å². The van der Waals surface area contributed by atoms with Gasteiger partial charge < -0.3 is 14.8 Å². The van der Waals surface area contributed by atoms with Crippen molar-refractivity contribution in [3.8, 4) is 0 Å². The molecule has 1 aliphatic rings. The third-order valence-electron chi connectivity index (χ3n) is 4.13. The number of hydrogen-bond donors (Lipinski definition) is 1. The van der Waals surface area contributed by atoms with Crippen LogP contribution in [0.2, 0.25) is 0 Å². The molecule has 25 heavy (non-hydrogen) atoms. The zero-order valence-electron chi connectivity index (χ0n) is 14.5. The summed E-state index contributed by atoms with van der Waals surface area (Å²) in [5.41, 5.74) is 2.85. The van der Waals surface area contributed by atoms with Gasteiger partial charge >= 0.3 is 0 Å². The number of anilines is 1. The topological polar surface area (TPSA) is 78.3 Å². The van der Waals surface area contributed by atoms with Crippen LogP contribution >= 0.6 is 0 Å². The number of nitrogens with one attached hydrogen (secondary N) is 1. The molecule has 1 aromatic carbocycles. The van der Waals surface area contributed by atoms with Gasteiger partial charge in [-0.2, -0.15) is 0 Å². The monoisotopic (exact) mass is 344 g/mol. The Bertz CT molecular complexity index is 678. The van der Waals surface area contributed by atoms with Crippen molar-refractivity contribution in [2.24, 2.45) is 0 Å². The number of nitrogens with zero attached hydrogens (tertiary/aromatic N) is 3. The quantitative estimate of drug-likeness (QED) is 0.833. The van der Waals surface area contributed by atoms with Crippen molar-refractivity contribution in [1.29, 1.82) is 0 Å². The van der Waals surface area contributed by atoms with E-state index >= 15 is 0 Å². The van der Waals surface area contributed by atoms with Crippen LogP contribution in [0.15, 0.2) is 30.5 Å². The van der Waals surface area contributed by atoms with Gasteiger partial charge in [0.1, 0.15) is 5.69 Å². The third kappa shape index (κ3) is 5.65. The molecule has 0 radical (unpaired) electrons. The lowest BCUT2D eigenvalue weighted by Crippen LogP contribution is -2.23. The molecule has 1 fully saturated rings. The zero-order valence-corrected chi connectivity index (χ0v) is 14.5. The highest BCUT2D eigenvalue weighted by Gasteiger charge is 2.14. The summed E-state index contributed by atoms with van der Waals surface area (Å²) in [5.74, 6) is -0.0640. The van der Waals surface area contributed by atoms with Gasteiger partial charge in [0, 0.05) is 32.4 Å². The Morgan fingerprint density at radius 3 is 2.80 bits per heavy atom. The molecule has 1 N–H and O–H groups in total. The molecule has 0 unspecified atom stereocenters. The normalized spacial score (nSPS) is 15.2. The van der Waals surface area contributed by atoms with Gasteiger partial charge in [-0.05, 0) is 37.0 Å². The molecule has 2 heterocycles. The van der Waals surface area contributed by atoms with E-state index in [1.54, 1.807) is 0 Å². The average Bonchev–Trinajstić information content (AvgIpc) is 3.08.